The molecule has 0 bridgehead atoms. The third kappa shape index (κ3) is 2.24. The van der Waals surface area contributed by atoms with Crippen LogP contribution < -0.4 is 0 Å². The maximum absolute atomic E-state index is 4.69. The maximum Gasteiger partial charge on any atom is 0.198 e. The van der Waals surface area contributed by atoms with Gasteiger partial charge in [0.05, 0.1) is 6.54 Å². The summed E-state index contributed by atoms with van der Waals surface area (Å²) in [6.07, 6.45) is 5.40. The number of hydrogen-bond donors (Lipinski definition) is 1. The highest BCUT2D eigenvalue weighted by Crippen LogP contribution is 2.44. The molecular weight excluding hydrogens is 322 g/mol. The Morgan fingerprint density at radius 1 is 0.885 bits per heavy atom. The quantitative estimate of drug-likeness (QED) is 0.796. The standard InChI is InChI=1S/C21H17N5/c1-3-7-16(8-4-1)21(17-9-5-2-6-10-17)12-11-18-15(13-21)14-22-19(18)20-23-25-26-24-20/h1-12H,13-14H2,(H,23,24,25,26). The lowest BCUT2D eigenvalue weighted by molar-refractivity contribution is 0.620. The van der Waals surface area contributed by atoms with Gasteiger partial charge in [0.1, 0.15) is 5.71 Å². The van der Waals surface area contributed by atoms with Gasteiger partial charge in [-0.05, 0) is 33.5 Å². The van der Waals surface area contributed by atoms with Crippen molar-refractivity contribution < 1.29 is 0 Å². The number of aromatic amines is 1. The lowest BCUT2D eigenvalue weighted by atomic mass is 9.67. The first-order valence-corrected chi connectivity index (χ1v) is 8.68. The Bertz CT molecular complexity index is 975. The van der Waals surface area contributed by atoms with Crippen LogP contribution in [0.25, 0.3) is 0 Å². The number of benzene rings is 2. The van der Waals surface area contributed by atoms with E-state index in [0.717, 1.165) is 17.7 Å². The van der Waals surface area contributed by atoms with Crippen molar-refractivity contribution in [2.45, 2.75) is 11.8 Å². The van der Waals surface area contributed by atoms with Gasteiger partial charge in [0, 0.05) is 11.0 Å². The minimum atomic E-state index is -0.175. The molecular formula is C21H17N5. The van der Waals surface area contributed by atoms with Crippen LogP contribution in [-0.4, -0.2) is 32.9 Å². The predicted molar refractivity (Wildman–Crippen MR) is 100 cm³/mol. The number of nitrogens with one attached hydrogen (secondary N) is 1. The molecule has 0 amide bonds. The van der Waals surface area contributed by atoms with E-state index in [1.807, 2.05) is 0 Å². The third-order valence-corrected chi connectivity index (χ3v) is 5.24. The first kappa shape index (κ1) is 15.0. The van der Waals surface area contributed by atoms with E-state index in [1.165, 1.54) is 16.7 Å². The fraction of sp³-hybridized carbons (Fsp3) is 0.143. The average molecular weight is 339 g/mol. The molecule has 2 aliphatic rings. The smallest absolute Gasteiger partial charge is 0.198 e. The molecule has 2 aromatic carbocycles. The summed E-state index contributed by atoms with van der Waals surface area (Å²) in [5, 5.41) is 14.2. The molecule has 5 rings (SSSR count). The second-order valence-electron chi connectivity index (χ2n) is 6.65. The number of aromatic nitrogens is 4. The van der Waals surface area contributed by atoms with Gasteiger partial charge < -0.3 is 0 Å². The van der Waals surface area contributed by atoms with Crippen molar-refractivity contribution >= 4 is 5.71 Å². The highest BCUT2D eigenvalue weighted by molar-refractivity contribution is 6.14. The molecule has 1 aromatic heterocycles. The van der Waals surface area contributed by atoms with Crippen LogP contribution in [0.1, 0.15) is 23.4 Å². The fourth-order valence-electron chi connectivity index (χ4n) is 3.98. The number of nitrogens with zero attached hydrogens (tertiary/aromatic N) is 4. The normalized spacial score (nSPS) is 17.9. The summed E-state index contributed by atoms with van der Waals surface area (Å²) in [4.78, 5) is 4.69. The summed E-state index contributed by atoms with van der Waals surface area (Å²) in [5.41, 5.74) is 5.74. The molecule has 0 saturated carbocycles. The molecule has 0 unspecified atom stereocenters. The summed E-state index contributed by atoms with van der Waals surface area (Å²) in [6, 6.07) is 21.4. The highest BCUT2D eigenvalue weighted by Gasteiger charge is 2.38. The molecule has 0 spiro atoms. The number of rotatable bonds is 3. The van der Waals surface area contributed by atoms with Crippen molar-refractivity contribution in [1.29, 1.82) is 0 Å². The molecule has 5 heteroatoms. The van der Waals surface area contributed by atoms with Gasteiger partial charge >= 0.3 is 0 Å². The number of aliphatic imine (C=N–C) groups is 1. The molecule has 1 N–H and O–H groups in total. The Morgan fingerprint density at radius 2 is 1.58 bits per heavy atom. The Kier molecular flexibility index (Phi) is 3.38. The van der Waals surface area contributed by atoms with Gasteiger partial charge in [-0.3, -0.25) is 4.99 Å². The van der Waals surface area contributed by atoms with Crippen molar-refractivity contribution in [2.24, 2.45) is 4.99 Å². The predicted octanol–water partition coefficient (Wildman–Crippen LogP) is 3.25. The second-order valence-corrected chi connectivity index (χ2v) is 6.65. The Balaban J connectivity index is 1.61. The van der Waals surface area contributed by atoms with E-state index in [4.69, 9.17) is 4.99 Å². The largest absolute Gasteiger partial charge is 0.276 e. The molecule has 0 saturated heterocycles. The zero-order chi connectivity index (χ0) is 17.4. The minimum absolute atomic E-state index is 0.175. The van der Waals surface area contributed by atoms with E-state index < -0.39 is 0 Å². The van der Waals surface area contributed by atoms with E-state index >= 15 is 0 Å². The molecule has 26 heavy (non-hydrogen) atoms. The van der Waals surface area contributed by atoms with Crippen LogP contribution in [0.3, 0.4) is 0 Å². The second kappa shape index (κ2) is 5.88. The molecule has 3 aromatic rings. The van der Waals surface area contributed by atoms with Gasteiger partial charge in [0.2, 0.25) is 0 Å². The molecule has 0 radical (unpaired) electrons. The molecule has 2 heterocycles. The lowest BCUT2D eigenvalue weighted by Gasteiger charge is -2.35. The van der Waals surface area contributed by atoms with Crippen molar-refractivity contribution in [3.8, 4) is 0 Å². The monoisotopic (exact) mass is 339 g/mol. The molecule has 5 nitrogen and oxygen atoms in total. The summed E-state index contributed by atoms with van der Waals surface area (Å²) in [7, 11) is 0. The minimum Gasteiger partial charge on any atom is -0.276 e. The van der Waals surface area contributed by atoms with Gasteiger partial charge in [-0.2, -0.15) is 0 Å². The van der Waals surface area contributed by atoms with Crippen molar-refractivity contribution in [3.05, 3.63) is 101 Å². The topological polar surface area (TPSA) is 66.8 Å². The van der Waals surface area contributed by atoms with E-state index in [0.29, 0.717) is 12.4 Å². The van der Waals surface area contributed by atoms with Crippen LogP contribution in [0.15, 0.2) is 89.0 Å². The zero-order valence-electron chi connectivity index (χ0n) is 14.1. The average Bonchev–Trinajstić information content (AvgIpc) is 3.38. The van der Waals surface area contributed by atoms with Crippen molar-refractivity contribution in [3.63, 3.8) is 0 Å². The van der Waals surface area contributed by atoms with E-state index in [9.17, 15) is 0 Å². The number of hydrogen-bond acceptors (Lipinski definition) is 4. The first-order valence-electron chi connectivity index (χ1n) is 8.68. The number of allylic oxidation sites excluding steroid dienone is 3. The van der Waals surface area contributed by atoms with Crippen LogP contribution in [-0.2, 0) is 5.41 Å². The highest BCUT2D eigenvalue weighted by atomic mass is 15.5. The summed E-state index contributed by atoms with van der Waals surface area (Å²) in [6.45, 7) is 0.692. The maximum atomic E-state index is 4.69. The Labute approximate surface area is 151 Å². The van der Waals surface area contributed by atoms with Crippen LogP contribution >= 0.6 is 0 Å². The van der Waals surface area contributed by atoms with Crippen LogP contribution in [0.4, 0.5) is 0 Å². The van der Waals surface area contributed by atoms with Crippen LogP contribution in [0, 0.1) is 0 Å². The van der Waals surface area contributed by atoms with E-state index in [1.54, 1.807) is 0 Å². The van der Waals surface area contributed by atoms with Crippen molar-refractivity contribution in [1.82, 2.24) is 20.6 Å². The van der Waals surface area contributed by atoms with Gasteiger partial charge in [0.25, 0.3) is 0 Å². The van der Waals surface area contributed by atoms with E-state index in [-0.39, 0.29) is 5.41 Å². The summed E-state index contributed by atoms with van der Waals surface area (Å²) < 4.78 is 0. The fourth-order valence-corrected chi connectivity index (χ4v) is 3.98. The van der Waals surface area contributed by atoms with Gasteiger partial charge in [-0.1, -0.05) is 72.8 Å². The Morgan fingerprint density at radius 3 is 2.19 bits per heavy atom. The third-order valence-electron chi connectivity index (χ3n) is 5.24. The van der Waals surface area contributed by atoms with Gasteiger partial charge in [-0.25, -0.2) is 5.10 Å². The van der Waals surface area contributed by atoms with Crippen molar-refractivity contribution in [2.75, 3.05) is 6.54 Å². The van der Waals surface area contributed by atoms with Crippen LogP contribution in [0.2, 0.25) is 0 Å². The number of H-pyrrole nitrogens is 1. The molecule has 0 fully saturated rings. The zero-order valence-corrected chi connectivity index (χ0v) is 14.1. The molecule has 1 aliphatic carbocycles. The summed E-state index contributed by atoms with van der Waals surface area (Å²) in [5.74, 6) is 0.631. The van der Waals surface area contributed by atoms with E-state index in [2.05, 4.69) is 93.4 Å². The Hall–Kier alpha value is -3.34. The van der Waals surface area contributed by atoms with Gasteiger partial charge in [-0.15, -0.1) is 5.10 Å². The molecule has 126 valence electrons. The molecule has 1 aliphatic heterocycles. The number of tetrazole rings is 1. The summed E-state index contributed by atoms with van der Waals surface area (Å²) >= 11 is 0. The van der Waals surface area contributed by atoms with Gasteiger partial charge in [0.15, 0.2) is 5.82 Å². The first-order chi connectivity index (χ1) is 12.9. The molecule has 0 atom stereocenters. The lowest BCUT2D eigenvalue weighted by Crippen LogP contribution is -2.29. The van der Waals surface area contributed by atoms with Crippen LogP contribution in [0.5, 0.6) is 0 Å². The SMILES string of the molecule is C1=CC(c2ccccc2)(c2ccccc2)CC2=C1C(c1nnn[nH]1)=NC2.